The summed E-state index contributed by atoms with van der Waals surface area (Å²) in [6.07, 6.45) is 0. The van der Waals surface area contributed by atoms with Crippen LogP contribution in [0.3, 0.4) is 0 Å². The van der Waals surface area contributed by atoms with Gasteiger partial charge in [-0.15, -0.1) is 0 Å². The molecule has 0 aliphatic heterocycles. The van der Waals surface area contributed by atoms with E-state index >= 15 is 0 Å². The molecule has 0 fully saturated rings. The van der Waals surface area contributed by atoms with Crippen molar-refractivity contribution in [1.82, 2.24) is 0 Å². The average Bonchev–Trinajstić information content (AvgIpc) is 2.46. The number of para-hydroxylation sites is 1. The van der Waals surface area contributed by atoms with Gasteiger partial charge in [-0.25, -0.2) is 0 Å². The predicted molar refractivity (Wildman–Crippen MR) is 76.2 cm³/mol. The summed E-state index contributed by atoms with van der Waals surface area (Å²) in [5.74, 6) is 1.36. The highest BCUT2D eigenvalue weighted by Crippen LogP contribution is 2.25. The minimum atomic E-state index is 0.372. The van der Waals surface area contributed by atoms with Gasteiger partial charge in [0.1, 0.15) is 24.2 Å². The van der Waals surface area contributed by atoms with Gasteiger partial charge < -0.3 is 9.47 Å². The van der Waals surface area contributed by atoms with Gasteiger partial charge in [0, 0.05) is 10.0 Å². The highest BCUT2D eigenvalue weighted by atomic mass is 79.9. The van der Waals surface area contributed by atoms with E-state index < -0.39 is 0 Å². The number of rotatable bonds is 4. The normalized spacial score (nSPS) is 9.74. The Morgan fingerprint density at radius 2 is 2.00 bits per heavy atom. The molecular formula is C15H12BrNO2. The maximum Gasteiger partial charge on any atom is 0.137 e. The minimum Gasteiger partial charge on any atom is -0.497 e. The number of hydrogen-bond acceptors (Lipinski definition) is 3. The molecule has 0 N–H and O–H groups in total. The summed E-state index contributed by atoms with van der Waals surface area (Å²) in [5, 5.41) is 8.99. The van der Waals surface area contributed by atoms with Crippen LogP contribution in [-0.2, 0) is 6.61 Å². The van der Waals surface area contributed by atoms with E-state index in [2.05, 4.69) is 22.0 Å². The second-order valence-electron chi connectivity index (χ2n) is 3.85. The molecule has 0 radical (unpaired) electrons. The average molecular weight is 318 g/mol. The van der Waals surface area contributed by atoms with Crippen molar-refractivity contribution >= 4 is 15.9 Å². The van der Waals surface area contributed by atoms with Crippen molar-refractivity contribution in [1.29, 1.82) is 5.26 Å². The van der Waals surface area contributed by atoms with Crippen molar-refractivity contribution in [3.05, 3.63) is 58.1 Å². The number of nitrogens with zero attached hydrogens (tertiary/aromatic N) is 1. The molecule has 0 saturated carbocycles. The lowest BCUT2D eigenvalue weighted by Gasteiger charge is -2.10. The van der Waals surface area contributed by atoms with Crippen LogP contribution in [0.5, 0.6) is 11.5 Å². The van der Waals surface area contributed by atoms with Gasteiger partial charge in [-0.3, -0.25) is 0 Å². The number of halogens is 1. The summed E-state index contributed by atoms with van der Waals surface area (Å²) < 4.78 is 11.8. The van der Waals surface area contributed by atoms with Crippen LogP contribution in [0, 0.1) is 11.3 Å². The molecule has 19 heavy (non-hydrogen) atoms. The molecule has 0 saturated heterocycles. The highest BCUT2D eigenvalue weighted by molar-refractivity contribution is 9.10. The fourth-order valence-electron chi connectivity index (χ4n) is 1.63. The first kappa shape index (κ1) is 13.4. The zero-order chi connectivity index (χ0) is 13.7. The van der Waals surface area contributed by atoms with Gasteiger partial charge in [-0.05, 0) is 30.3 Å². The number of nitriles is 1. The van der Waals surface area contributed by atoms with Gasteiger partial charge in [0.15, 0.2) is 0 Å². The Morgan fingerprint density at radius 1 is 1.21 bits per heavy atom. The third kappa shape index (κ3) is 3.27. The molecule has 0 atom stereocenters. The maximum atomic E-state index is 8.99. The summed E-state index contributed by atoms with van der Waals surface area (Å²) in [7, 11) is 1.62. The van der Waals surface area contributed by atoms with Crippen LogP contribution in [0.2, 0.25) is 0 Å². The predicted octanol–water partition coefficient (Wildman–Crippen LogP) is 3.91. The van der Waals surface area contributed by atoms with Crippen LogP contribution in [-0.4, -0.2) is 7.11 Å². The van der Waals surface area contributed by atoms with E-state index in [0.29, 0.717) is 17.9 Å². The lowest BCUT2D eigenvalue weighted by Crippen LogP contribution is -1.98. The van der Waals surface area contributed by atoms with E-state index in [9.17, 15) is 0 Å². The van der Waals surface area contributed by atoms with Crippen LogP contribution < -0.4 is 9.47 Å². The topological polar surface area (TPSA) is 42.2 Å². The third-order valence-corrected chi connectivity index (χ3v) is 3.42. The largest absolute Gasteiger partial charge is 0.497 e. The lowest BCUT2D eigenvalue weighted by molar-refractivity contribution is 0.303. The molecule has 0 aromatic heterocycles. The summed E-state index contributed by atoms with van der Waals surface area (Å²) in [4.78, 5) is 0. The Bertz CT molecular complexity index is 620. The van der Waals surface area contributed by atoms with Crippen LogP contribution in [0.25, 0.3) is 0 Å². The van der Waals surface area contributed by atoms with Crippen molar-refractivity contribution < 1.29 is 9.47 Å². The molecule has 0 aliphatic rings. The van der Waals surface area contributed by atoms with Gasteiger partial charge in [0.25, 0.3) is 0 Å². The SMILES string of the molecule is COc1ccc(Br)c(COc2ccccc2C#N)c1. The molecule has 96 valence electrons. The molecule has 2 rings (SSSR count). The Balaban J connectivity index is 2.17. The Hall–Kier alpha value is -1.99. The first-order chi connectivity index (χ1) is 9.24. The van der Waals surface area contributed by atoms with Crippen molar-refractivity contribution in [3.63, 3.8) is 0 Å². The molecule has 3 nitrogen and oxygen atoms in total. The van der Waals surface area contributed by atoms with Crippen molar-refractivity contribution in [2.45, 2.75) is 6.61 Å². The number of hydrogen-bond donors (Lipinski definition) is 0. The number of ether oxygens (including phenoxy) is 2. The quantitative estimate of drug-likeness (QED) is 0.858. The molecule has 0 spiro atoms. The number of benzene rings is 2. The fraction of sp³-hybridized carbons (Fsp3) is 0.133. The Labute approximate surface area is 120 Å². The number of methoxy groups -OCH3 is 1. The molecule has 0 bridgehead atoms. The van der Waals surface area contributed by atoms with E-state index in [1.54, 1.807) is 19.2 Å². The summed E-state index contributed by atoms with van der Waals surface area (Å²) in [6, 6.07) is 15.0. The fourth-order valence-corrected chi connectivity index (χ4v) is 1.99. The first-order valence-electron chi connectivity index (χ1n) is 5.69. The van der Waals surface area contributed by atoms with Crippen LogP contribution >= 0.6 is 15.9 Å². The van der Waals surface area contributed by atoms with E-state index in [4.69, 9.17) is 14.7 Å². The molecular weight excluding hydrogens is 306 g/mol. The minimum absolute atomic E-state index is 0.372. The van der Waals surface area contributed by atoms with Crippen molar-refractivity contribution in [2.75, 3.05) is 7.11 Å². The van der Waals surface area contributed by atoms with E-state index in [0.717, 1.165) is 15.8 Å². The molecule has 0 amide bonds. The monoisotopic (exact) mass is 317 g/mol. The Morgan fingerprint density at radius 3 is 2.74 bits per heavy atom. The van der Waals surface area contributed by atoms with Gasteiger partial charge in [0.2, 0.25) is 0 Å². The van der Waals surface area contributed by atoms with Gasteiger partial charge in [0.05, 0.1) is 12.7 Å². The van der Waals surface area contributed by atoms with Gasteiger partial charge >= 0.3 is 0 Å². The van der Waals surface area contributed by atoms with Crippen LogP contribution in [0.1, 0.15) is 11.1 Å². The van der Waals surface area contributed by atoms with E-state index in [1.807, 2.05) is 30.3 Å². The van der Waals surface area contributed by atoms with E-state index in [1.165, 1.54) is 0 Å². The Kier molecular flexibility index (Phi) is 4.43. The van der Waals surface area contributed by atoms with Crippen molar-refractivity contribution in [2.24, 2.45) is 0 Å². The van der Waals surface area contributed by atoms with Crippen LogP contribution in [0.15, 0.2) is 46.9 Å². The second-order valence-corrected chi connectivity index (χ2v) is 4.71. The van der Waals surface area contributed by atoms with Gasteiger partial charge in [-0.2, -0.15) is 5.26 Å². The zero-order valence-corrected chi connectivity index (χ0v) is 12.0. The lowest BCUT2D eigenvalue weighted by atomic mass is 10.2. The zero-order valence-electron chi connectivity index (χ0n) is 10.4. The molecule has 0 aliphatic carbocycles. The molecule has 4 heteroatoms. The van der Waals surface area contributed by atoms with Crippen LogP contribution in [0.4, 0.5) is 0 Å². The first-order valence-corrected chi connectivity index (χ1v) is 6.48. The smallest absolute Gasteiger partial charge is 0.137 e. The standard InChI is InChI=1S/C15H12BrNO2/c1-18-13-6-7-14(16)12(8-13)10-19-15-5-3-2-4-11(15)9-17/h2-8H,10H2,1H3. The third-order valence-electron chi connectivity index (χ3n) is 2.64. The van der Waals surface area contributed by atoms with Crippen molar-refractivity contribution in [3.8, 4) is 17.6 Å². The molecule has 0 unspecified atom stereocenters. The molecule has 0 heterocycles. The summed E-state index contributed by atoms with van der Waals surface area (Å²) >= 11 is 3.47. The second kappa shape index (κ2) is 6.26. The highest BCUT2D eigenvalue weighted by Gasteiger charge is 2.06. The summed E-state index contributed by atoms with van der Waals surface area (Å²) in [5.41, 5.74) is 1.49. The maximum absolute atomic E-state index is 8.99. The van der Waals surface area contributed by atoms with Gasteiger partial charge in [-0.1, -0.05) is 28.1 Å². The summed E-state index contributed by atoms with van der Waals surface area (Å²) in [6.45, 7) is 0.372. The molecule has 2 aromatic carbocycles. The molecule has 2 aromatic rings. The van der Waals surface area contributed by atoms with E-state index in [-0.39, 0.29) is 0 Å².